The maximum atomic E-state index is 13.7. The summed E-state index contributed by atoms with van der Waals surface area (Å²) in [6.45, 7) is 3.11. The van der Waals surface area contributed by atoms with Crippen LogP contribution in [-0.4, -0.2) is 19.2 Å². The number of hydrogen-bond donors (Lipinski definition) is 1. The minimum Gasteiger partial charge on any atom is -0.489 e. The highest BCUT2D eigenvalue weighted by atomic mass is 19.1. The molecule has 0 radical (unpaired) electrons. The molecule has 1 aromatic rings. The van der Waals surface area contributed by atoms with Crippen molar-refractivity contribution in [2.24, 2.45) is 11.8 Å². The summed E-state index contributed by atoms with van der Waals surface area (Å²) in [7, 11) is 0. The van der Waals surface area contributed by atoms with E-state index >= 15 is 0 Å². The lowest BCUT2D eigenvalue weighted by atomic mass is 10.1. The molecule has 0 amide bonds. The Balaban J connectivity index is 1.43. The largest absolute Gasteiger partial charge is 0.489 e. The normalized spacial score (nSPS) is 18.9. The molecule has 0 atom stereocenters. The number of rotatable bonds is 7. The predicted octanol–water partition coefficient (Wildman–Crippen LogP) is 3.29. The first kappa shape index (κ1) is 12.9. The summed E-state index contributed by atoms with van der Waals surface area (Å²) >= 11 is 0. The fourth-order valence-corrected chi connectivity index (χ4v) is 2.75. The van der Waals surface area contributed by atoms with E-state index in [9.17, 15) is 4.39 Å². The maximum Gasteiger partial charge on any atom is 0.167 e. The third-order valence-corrected chi connectivity index (χ3v) is 4.16. The van der Waals surface area contributed by atoms with Crippen molar-refractivity contribution in [2.75, 3.05) is 13.2 Å². The van der Waals surface area contributed by atoms with E-state index in [1.54, 1.807) is 19.1 Å². The van der Waals surface area contributed by atoms with Gasteiger partial charge in [-0.05, 0) is 56.1 Å². The number of halogens is 1. The van der Waals surface area contributed by atoms with Crippen molar-refractivity contribution in [2.45, 2.75) is 38.6 Å². The fourth-order valence-electron chi connectivity index (χ4n) is 2.75. The quantitative estimate of drug-likeness (QED) is 0.762. The van der Waals surface area contributed by atoms with Gasteiger partial charge in [0, 0.05) is 12.6 Å². The second-order valence-electron chi connectivity index (χ2n) is 5.89. The summed E-state index contributed by atoms with van der Waals surface area (Å²) < 4.78 is 19.2. The Kier molecular flexibility index (Phi) is 3.74. The van der Waals surface area contributed by atoms with Gasteiger partial charge in [0.05, 0.1) is 0 Å². The topological polar surface area (TPSA) is 21.3 Å². The van der Waals surface area contributed by atoms with Gasteiger partial charge in [-0.1, -0.05) is 12.1 Å². The Labute approximate surface area is 114 Å². The first-order valence-corrected chi connectivity index (χ1v) is 7.37. The molecule has 2 fully saturated rings. The van der Waals surface area contributed by atoms with E-state index in [-0.39, 0.29) is 5.82 Å². The summed E-state index contributed by atoms with van der Waals surface area (Å²) in [6, 6.07) is 5.97. The lowest BCUT2D eigenvalue weighted by Gasteiger charge is -2.18. The first-order chi connectivity index (χ1) is 9.25. The van der Waals surface area contributed by atoms with Crippen LogP contribution in [-0.2, 0) is 0 Å². The van der Waals surface area contributed by atoms with Gasteiger partial charge in [0.2, 0.25) is 0 Å². The molecule has 0 aliphatic heterocycles. The third-order valence-electron chi connectivity index (χ3n) is 4.16. The molecule has 2 saturated carbocycles. The summed E-state index contributed by atoms with van der Waals surface area (Å²) in [4.78, 5) is 0. The van der Waals surface area contributed by atoms with Crippen molar-refractivity contribution in [3.05, 3.63) is 29.6 Å². The van der Waals surface area contributed by atoms with Crippen LogP contribution in [0.3, 0.4) is 0 Å². The second kappa shape index (κ2) is 5.49. The molecule has 0 spiro atoms. The molecule has 3 heteroatoms. The molecule has 0 heterocycles. The van der Waals surface area contributed by atoms with Gasteiger partial charge in [-0.3, -0.25) is 0 Å². The molecule has 0 saturated heterocycles. The zero-order valence-electron chi connectivity index (χ0n) is 11.5. The second-order valence-corrected chi connectivity index (χ2v) is 5.89. The average Bonchev–Trinajstić information content (AvgIpc) is 3.27. The van der Waals surface area contributed by atoms with Crippen molar-refractivity contribution in [1.29, 1.82) is 0 Å². The van der Waals surface area contributed by atoms with Gasteiger partial charge in [0.15, 0.2) is 11.6 Å². The molecule has 1 N–H and O–H groups in total. The monoisotopic (exact) mass is 263 g/mol. The predicted molar refractivity (Wildman–Crippen MR) is 73.9 cm³/mol. The van der Waals surface area contributed by atoms with E-state index in [4.69, 9.17) is 4.74 Å². The summed E-state index contributed by atoms with van der Waals surface area (Å²) in [6.07, 6.45) is 5.51. The molecule has 0 aromatic heterocycles. The molecular weight excluding hydrogens is 241 g/mol. The molecular formula is C16H22FNO. The van der Waals surface area contributed by atoms with Crippen molar-refractivity contribution in [3.63, 3.8) is 0 Å². The highest BCUT2D eigenvalue weighted by Crippen LogP contribution is 2.44. The number of aryl methyl sites for hydroxylation is 1. The highest BCUT2D eigenvalue weighted by Gasteiger charge is 2.40. The van der Waals surface area contributed by atoms with Crippen LogP contribution in [0.25, 0.3) is 0 Å². The Morgan fingerprint density at radius 2 is 1.95 bits per heavy atom. The number of ether oxygens (including phenoxy) is 1. The minimum atomic E-state index is -0.233. The van der Waals surface area contributed by atoms with Gasteiger partial charge in [-0.2, -0.15) is 0 Å². The molecule has 2 aliphatic rings. The molecule has 2 aliphatic carbocycles. The SMILES string of the molecule is Cc1cccc(OCCNC(C2CC2)C2CC2)c1F. The Hall–Kier alpha value is -1.09. The van der Waals surface area contributed by atoms with E-state index in [0.717, 1.165) is 18.4 Å². The smallest absolute Gasteiger partial charge is 0.167 e. The van der Waals surface area contributed by atoms with E-state index in [1.807, 2.05) is 6.07 Å². The van der Waals surface area contributed by atoms with Gasteiger partial charge in [-0.25, -0.2) is 4.39 Å². The summed E-state index contributed by atoms with van der Waals surface area (Å²) in [5.74, 6) is 1.92. The third kappa shape index (κ3) is 3.27. The molecule has 3 rings (SSSR count). The Morgan fingerprint density at radius 3 is 2.58 bits per heavy atom. The standard InChI is InChI=1S/C16H22FNO/c1-11-3-2-4-14(15(11)17)19-10-9-18-16(12-5-6-12)13-7-8-13/h2-4,12-13,16,18H,5-10H2,1H3. The molecule has 19 heavy (non-hydrogen) atoms. The number of benzene rings is 1. The van der Waals surface area contributed by atoms with Crippen LogP contribution in [0.2, 0.25) is 0 Å². The van der Waals surface area contributed by atoms with Crippen LogP contribution in [0, 0.1) is 24.6 Å². The van der Waals surface area contributed by atoms with Gasteiger partial charge in [-0.15, -0.1) is 0 Å². The summed E-state index contributed by atoms with van der Waals surface area (Å²) in [5, 5.41) is 3.60. The highest BCUT2D eigenvalue weighted by molar-refractivity contribution is 5.30. The van der Waals surface area contributed by atoms with E-state index in [0.29, 0.717) is 24.0 Å². The Morgan fingerprint density at radius 1 is 1.26 bits per heavy atom. The van der Waals surface area contributed by atoms with Crippen LogP contribution >= 0.6 is 0 Å². The number of nitrogens with one attached hydrogen (secondary N) is 1. The van der Waals surface area contributed by atoms with E-state index in [2.05, 4.69) is 5.32 Å². The van der Waals surface area contributed by atoms with Crippen LogP contribution in [0.1, 0.15) is 31.2 Å². The van der Waals surface area contributed by atoms with Gasteiger partial charge < -0.3 is 10.1 Å². The lowest BCUT2D eigenvalue weighted by molar-refractivity contribution is 0.281. The maximum absolute atomic E-state index is 13.7. The van der Waals surface area contributed by atoms with Crippen LogP contribution < -0.4 is 10.1 Å². The molecule has 2 nitrogen and oxygen atoms in total. The average molecular weight is 263 g/mol. The van der Waals surface area contributed by atoms with Crippen molar-refractivity contribution in [1.82, 2.24) is 5.32 Å². The van der Waals surface area contributed by atoms with E-state index < -0.39 is 0 Å². The molecule has 104 valence electrons. The molecule has 1 aromatic carbocycles. The summed E-state index contributed by atoms with van der Waals surface area (Å²) in [5.41, 5.74) is 0.638. The number of hydrogen-bond acceptors (Lipinski definition) is 2. The Bertz CT molecular complexity index is 428. The van der Waals surface area contributed by atoms with Crippen LogP contribution in [0.15, 0.2) is 18.2 Å². The van der Waals surface area contributed by atoms with Crippen molar-refractivity contribution >= 4 is 0 Å². The van der Waals surface area contributed by atoms with Crippen molar-refractivity contribution in [3.8, 4) is 5.75 Å². The van der Waals surface area contributed by atoms with Crippen molar-refractivity contribution < 1.29 is 9.13 Å². The van der Waals surface area contributed by atoms with E-state index in [1.165, 1.54) is 25.7 Å². The van der Waals surface area contributed by atoms with Gasteiger partial charge >= 0.3 is 0 Å². The van der Waals surface area contributed by atoms with Gasteiger partial charge in [0.25, 0.3) is 0 Å². The zero-order chi connectivity index (χ0) is 13.2. The van der Waals surface area contributed by atoms with Crippen LogP contribution in [0.4, 0.5) is 4.39 Å². The lowest BCUT2D eigenvalue weighted by Crippen LogP contribution is -2.36. The van der Waals surface area contributed by atoms with Crippen LogP contribution in [0.5, 0.6) is 5.75 Å². The first-order valence-electron chi connectivity index (χ1n) is 7.37. The van der Waals surface area contributed by atoms with Gasteiger partial charge in [0.1, 0.15) is 6.61 Å². The zero-order valence-corrected chi connectivity index (χ0v) is 11.5. The molecule has 0 bridgehead atoms. The fraction of sp³-hybridized carbons (Fsp3) is 0.625. The minimum absolute atomic E-state index is 0.233. The molecule has 0 unspecified atom stereocenters.